The zero-order valence-electron chi connectivity index (χ0n) is 13.5. The molecule has 1 aromatic rings. The molecule has 20 heavy (non-hydrogen) atoms. The van der Waals surface area contributed by atoms with Crippen LogP contribution in [0.2, 0.25) is 0 Å². The molecule has 1 fully saturated rings. The number of halogens is 1. The molecule has 1 aromatic carbocycles. The van der Waals surface area contributed by atoms with E-state index in [0.717, 1.165) is 6.42 Å². The van der Waals surface area contributed by atoms with E-state index in [9.17, 15) is 0 Å². The van der Waals surface area contributed by atoms with Crippen molar-refractivity contribution in [1.82, 2.24) is 0 Å². The van der Waals surface area contributed by atoms with E-state index in [4.69, 9.17) is 11.6 Å². The summed E-state index contributed by atoms with van der Waals surface area (Å²) in [5.74, 6) is 0. The summed E-state index contributed by atoms with van der Waals surface area (Å²) in [4.78, 5) is 0. The average molecular weight is 293 g/mol. The smallest absolute Gasteiger partial charge is 0.0641 e. The van der Waals surface area contributed by atoms with Gasteiger partial charge >= 0.3 is 0 Å². The molecule has 1 aliphatic rings. The van der Waals surface area contributed by atoms with Gasteiger partial charge in [-0.25, -0.2) is 0 Å². The van der Waals surface area contributed by atoms with Crippen molar-refractivity contribution in [2.75, 3.05) is 0 Å². The van der Waals surface area contributed by atoms with Crippen LogP contribution in [0.5, 0.6) is 0 Å². The van der Waals surface area contributed by atoms with Crippen LogP contribution in [0.25, 0.3) is 0 Å². The minimum Gasteiger partial charge on any atom is -0.117 e. The Morgan fingerprint density at radius 2 is 1.65 bits per heavy atom. The van der Waals surface area contributed by atoms with Crippen molar-refractivity contribution in [3.8, 4) is 0 Å². The first-order valence-corrected chi connectivity index (χ1v) is 8.63. The van der Waals surface area contributed by atoms with Crippen LogP contribution < -0.4 is 0 Å². The molecule has 0 heterocycles. The van der Waals surface area contributed by atoms with Crippen LogP contribution in [0.4, 0.5) is 0 Å². The van der Waals surface area contributed by atoms with Crippen molar-refractivity contribution < 1.29 is 0 Å². The summed E-state index contributed by atoms with van der Waals surface area (Å²) in [6.45, 7) is 9.17. The summed E-state index contributed by atoms with van der Waals surface area (Å²) >= 11 is 6.87. The quantitative estimate of drug-likeness (QED) is 0.535. The van der Waals surface area contributed by atoms with Crippen LogP contribution in [0.1, 0.15) is 82.7 Å². The Kier molecular flexibility index (Phi) is 4.84. The van der Waals surface area contributed by atoms with Gasteiger partial charge in [-0.3, -0.25) is 0 Å². The fraction of sp³-hybridized carbons (Fsp3) is 0.684. The number of alkyl halides is 1. The van der Waals surface area contributed by atoms with E-state index in [2.05, 4.69) is 52.0 Å². The molecule has 1 atom stereocenters. The van der Waals surface area contributed by atoms with Gasteiger partial charge in [-0.2, -0.15) is 0 Å². The Labute approximate surface area is 129 Å². The summed E-state index contributed by atoms with van der Waals surface area (Å²) in [7, 11) is 0. The third-order valence-electron chi connectivity index (χ3n) is 5.71. The molecule has 0 aromatic heterocycles. The summed E-state index contributed by atoms with van der Waals surface area (Å²) < 4.78 is 0. The van der Waals surface area contributed by atoms with Gasteiger partial charge < -0.3 is 0 Å². The van der Waals surface area contributed by atoms with E-state index in [-0.39, 0.29) is 10.8 Å². The number of hydrogen-bond acceptors (Lipinski definition) is 0. The van der Waals surface area contributed by atoms with Gasteiger partial charge in [0, 0.05) is 0 Å². The normalized spacial score (nSPS) is 20.1. The van der Waals surface area contributed by atoms with Crippen LogP contribution in [0.15, 0.2) is 24.3 Å². The SMILES string of the molecule is CCC(C)(C)c1ccc(C(Cl)C2(CC)CCCC2)cc1. The Bertz CT molecular complexity index is 424. The molecule has 0 bridgehead atoms. The van der Waals surface area contributed by atoms with Crippen LogP contribution in [-0.4, -0.2) is 0 Å². The molecular formula is C19H29Cl. The van der Waals surface area contributed by atoms with Crippen molar-refractivity contribution in [2.24, 2.45) is 5.41 Å². The first kappa shape index (κ1) is 15.9. The average Bonchev–Trinajstić information content (AvgIpc) is 2.96. The third kappa shape index (κ3) is 2.91. The fourth-order valence-electron chi connectivity index (χ4n) is 3.53. The lowest BCUT2D eigenvalue weighted by Crippen LogP contribution is -2.22. The second kappa shape index (κ2) is 6.10. The highest BCUT2D eigenvalue weighted by molar-refractivity contribution is 6.21. The predicted molar refractivity (Wildman–Crippen MR) is 89.5 cm³/mol. The van der Waals surface area contributed by atoms with E-state index in [1.54, 1.807) is 0 Å². The molecule has 0 saturated heterocycles. The summed E-state index contributed by atoms with van der Waals surface area (Å²) in [5.41, 5.74) is 3.33. The molecule has 2 rings (SSSR count). The molecule has 1 unspecified atom stereocenters. The van der Waals surface area contributed by atoms with E-state index >= 15 is 0 Å². The predicted octanol–water partition coefficient (Wildman–Crippen LogP) is 6.62. The zero-order valence-corrected chi connectivity index (χ0v) is 14.3. The van der Waals surface area contributed by atoms with Crippen molar-refractivity contribution in [1.29, 1.82) is 0 Å². The minimum atomic E-state index is 0.175. The summed E-state index contributed by atoms with van der Waals surface area (Å²) in [5, 5.41) is 0.175. The van der Waals surface area contributed by atoms with Crippen molar-refractivity contribution in [3.63, 3.8) is 0 Å². The first-order valence-electron chi connectivity index (χ1n) is 8.20. The van der Waals surface area contributed by atoms with E-state index in [0.29, 0.717) is 5.41 Å². The van der Waals surface area contributed by atoms with Gasteiger partial charge in [-0.05, 0) is 47.6 Å². The molecule has 1 saturated carbocycles. The summed E-state index contributed by atoms with van der Waals surface area (Å²) in [6, 6.07) is 9.10. The van der Waals surface area contributed by atoms with Crippen molar-refractivity contribution >= 4 is 11.6 Å². The summed E-state index contributed by atoms with van der Waals surface area (Å²) in [6.07, 6.45) is 7.63. The monoisotopic (exact) mass is 292 g/mol. The lowest BCUT2D eigenvalue weighted by atomic mass is 9.76. The van der Waals surface area contributed by atoms with E-state index < -0.39 is 0 Å². The molecular weight excluding hydrogens is 264 g/mol. The van der Waals surface area contributed by atoms with Crippen LogP contribution in [0, 0.1) is 5.41 Å². The Morgan fingerprint density at radius 3 is 2.10 bits per heavy atom. The molecule has 0 spiro atoms. The highest BCUT2D eigenvalue weighted by Crippen LogP contribution is 2.53. The molecule has 0 amide bonds. The minimum absolute atomic E-state index is 0.175. The van der Waals surface area contributed by atoms with Gasteiger partial charge in [-0.1, -0.05) is 64.8 Å². The third-order valence-corrected chi connectivity index (χ3v) is 6.42. The Balaban J connectivity index is 2.21. The Hall–Kier alpha value is -0.490. The highest BCUT2D eigenvalue weighted by Gasteiger charge is 2.39. The van der Waals surface area contributed by atoms with Crippen LogP contribution in [0.3, 0.4) is 0 Å². The molecule has 0 nitrogen and oxygen atoms in total. The number of benzene rings is 1. The molecule has 0 aliphatic heterocycles. The lowest BCUT2D eigenvalue weighted by Gasteiger charge is -2.33. The molecule has 1 heteroatoms. The number of rotatable bonds is 5. The maximum Gasteiger partial charge on any atom is 0.0641 e. The lowest BCUT2D eigenvalue weighted by molar-refractivity contribution is 0.271. The van der Waals surface area contributed by atoms with Crippen molar-refractivity contribution in [3.05, 3.63) is 35.4 Å². The molecule has 112 valence electrons. The standard InChI is InChI=1S/C19H29Cl/c1-5-18(3,4)16-11-9-15(10-12-16)17(20)19(6-2)13-7-8-14-19/h9-12,17H,5-8,13-14H2,1-4H3. The van der Waals surface area contributed by atoms with Crippen molar-refractivity contribution in [2.45, 2.75) is 77.0 Å². The van der Waals surface area contributed by atoms with Gasteiger partial charge in [0.15, 0.2) is 0 Å². The maximum absolute atomic E-state index is 6.87. The van der Waals surface area contributed by atoms with Crippen LogP contribution in [-0.2, 0) is 5.41 Å². The zero-order chi connectivity index (χ0) is 14.8. The second-order valence-electron chi connectivity index (χ2n) is 7.15. The Morgan fingerprint density at radius 1 is 1.10 bits per heavy atom. The van der Waals surface area contributed by atoms with Gasteiger partial charge in [0.25, 0.3) is 0 Å². The van der Waals surface area contributed by atoms with Gasteiger partial charge in [0.1, 0.15) is 0 Å². The van der Waals surface area contributed by atoms with Gasteiger partial charge in [-0.15, -0.1) is 11.6 Å². The largest absolute Gasteiger partial charge is 0.117 e. The first-order chi connectivity index (χ1) is 9.45. The topological polar surface area (TPSA) is 0 Å². The second-order valence-corrected chi connectivity index (χ2v) is 7.58. The number of hydrogen-bond donors (Lipinski definition) is 0. The molecule has 0 radical (unpaired) electrons. The maximum atomic E-state index is 6.87. The van der Waals surface area contributed by atoms with Crippen LogP contribution >= 0.6 is 11.6 Å². The fourth-order valence-corrected chi connectivity index (χ4v) is 4.04. The van der Waals surface area contributed by atoms with E-state index in [1.165, 1.54) is 43.2 Å². The van der Waals surface area contributed by atoms with Gasteiger partial charge in [0.2, 0.25) is 0 Å². The molecule has 1 aliphatic carbocycles. The molecule has 0 N–H and O–H groups in total. The highest BCUT2D eigenvalue weighted by atomic mass is 35.5. The van der Waals surface area contributed by atoms with Gasteiger partial charge in [0.05, 0.1) is 5.38 Å². The van der Waals surface area contributed by atoms with E-state index in [1.807, 2.05) is 0 Å².